The second-order valence-electron chi connectivity index (χ2n) is 5.16. The van der Waals surface area contributed by atoms with Gasteiger partial charge in [0.2, 0.25) is 6.19 Å². The summed E-state index contributed by atoms with van der Waals surface area (Å²) in [7, 11) is 0. The molecule has 0 bridgehead atoms. The van der Waals surface area contributed by atoms with E-state index in [2.05, 4.69) is 20.2 Å². The summed E-state index contributed by atoms with van der Waals surface area (Å²) in [5, 5.41) is 23.4. The highest BCUT2D eigenvalue weighted by Gasteiger charge is 2.19. The Bertz CT molecular complexity index is 712. The third kappa shape index (κ3) is 7.11. The lowest BCUT2D eigenvalue weighted by Gasteiger charge is -2.16. The monoisotopic (exact) mass is 412 g/mol. The molecule has 0 spiro atoms. The number of pyridine rings is 1. The molecule has 8 nitrogen and oxygen atoms in total. The molecule has 2 fully saturated rings. The highest BCUT2D eigenvalue weighted by molar-refractivity contribution is 8.14. The summed E-state index contributed by atoms with van der Waals surface area (Å²) in [6.45, 7) is 2.48. The first kappa shape index (κ1) is 20.4. The predicted octanol–water partition coefficient (Wildman–Crippen LogP) is 2.91. The number of thioether (sulfide) groups is 2. The van der Waals surface area contributed by atoms with Gasteiger partial charge < -0.3 is 10.2 Å². The molecule has 0 radical (unpaired) electrons. The van der Waals surface area contributed by atoms with E-state index in [1.807, 2.05) is 12.3 Å². The molecule has 3 rings (SSSR count). The zero-order chi connectivity index (χ0) is 18.8. The molecule has 1 aromatic rings. The Morgan fingerprint density at radius 1 is 1.50 bits per heavy atom. The summed E-state index contributed by atoms with van der Waals surface area (Å²) in [5.41, 5.74) is 1.07. The quantitative estimate of drug-likeness (QED) is 0.349. The summed E-state index contributed by atoms with van der Waals surface area (Å²) in [4.78, 5) is 19.4. The fourth-order valence-corrected chi connectivity index (χ4v) is 4.07. The third-order valence-electron chi connectivity index (χ3n) is 3.27. The number of aliphatic imine (C=N–C) groups is 1. The van der Waals surface area contributed by atoms with Gasteiger partial charge in [-0.15, -0.1) is 16.8 Å². The summed E-state index contributed by atoms with van der Waals surface area (Å²) in [6.07, 6.45) is 5.67. The molecule has 0 aromatic carbocycles. The standard InChI is InChI=1S/C10H9ClN4S.C5H8N2O2S/c11-9-2-1-8(5-13-9)6-15-3-4-16-10(15)14-7-12;8-7(9)4-5-6-2-1-3-10-5/h1-2,5H,3-4,6H2;4,6H,1-3H2/b14-10-;5-4-. The fraction of sp³-hybridized carbons (Fsp3) is 0.400. The molecule has 0 atom stereocenters. The van der Waals surface area contributed by atoms with Crippen molar-refractivity contribution in [3.05, 3.63) is 50.4 Å². The highest BCUT2D eigenvalue weighted by atomic mass is 35.5. The topological polar surface area (TPSA) is 107 Å². The largest absolute Gasteiger partial charge is 0.375 e. The number of rotatable bonds is 3. The van der Waals surface area contributed by atoms with Gasteiger partial charge in [-0.1, -0.05) is 29.4 Å². The first-order valence-electron chi connectivity index (χ1n) is 7.75. The van der Waals surface area contributed by atoms with Gasteiger partial charge in [-0.3, -0.25) is 10.1 Å². The summed E-state index contributed by atoms with van der Waals surface area (Å²) in [6, 6.07) is 3.70. The van der Waals surface area contributed by atoms with Crippen molar-refractivity contribution in [1.29, 1.82) is 5.26 Å². The smallest absolute Gasteiger partial charge is 0.263 e. The number of hydrogen-bond acceptors (Lipinski definition) is 8. The van der Waals surface area contributed by atoms with Gasteiger partial charge in [0.1, 0.15) is 10.2 Å². The van der Waals surface area contributed by atoms with Crippen molar-refractivity contribution in [2.24, 2.45) is 4.99 Å². The van der Waals surface area contributed by atoms with Crippen LogP contribution in [0.3, 0.4) is 0 Å². The van der Waals surface area contributed by atoms with Gasteiger partial charge in [-0.05, 0) is 18.1 Å². The first-order chi connectivity index (χ1) is 12.6. The van der Waals surface area contributed by atoms with Crippen molar-refractivity contribution in [3.8, 4) is 6.19 Å². The van der Waals surface area contributed by atoms with Crippen LogP contribution < -0.4 is 5.32 Å². The Labute approximate surface area is 164 Å². The van der Waals surface area contributed by atoms with Crippen LogP contribution in [0.4, 0.5) is 0 Å². The minimum atomic E-state index is -0.430. The number of hydrogen-bond donors (Lipinski definition) is 1. The van der Waals surface area contributed by atoms with E-state index in [4.69, 9.17) is 16.9 Å². The van der Waals surface area contributed by atoms with Crippen molar-refractivity contribution in [1.82, 2.24) is 15.2 Å². The Kier molecular flexibility index (Phi) is 8.53. The minimum absolute atomic E-state index is 0.430. The third-order valence-corrected chi connectivity index (χ3v) is 5.54. The van der Waals surface area contributed by atoms with Crippen molar-refractivity contribution < 1.29 is 4.92 Å². The molecule has 0 aliphatic carbocycles. The van der Waals surface area contributed by atoms with Crippen LogP contribution in [0.1, 0.15) is 12.0 Å². The SMILES string of the molecule is N#C/N=C1\SCCN1Cc1ccc(Cl)nc1.O=[N+]([O-])/C=C1/NCCCS1. The van der Waals surface area contributed by atoms with Crippen molar-refractivity contribution in [3.63, 3.8) is 0 Å². The van der Waals surface area contributed by atoms with Crippen LogP contribution >= 0.6 is 35.1 Å². The molecular weight excluding hydrogens is 396 g/mol. The van der Waals surface area contributed by atoms with Crippen molar-refractivity contribution in [2.45, 2.75) is 13.0 Å². The molecule has 2 saturated heterocycles. The molecule has 26 heavy (non-hydrogen) atoms. The van der Waals surface area contributed by atoms with Crippen LogP contribution in [0.25, 0.3) is 0 Å². The zero-order valence-corrected chi connectivity index (χ0v) is 16.2. The van der Waals surface area contributed by atoms with E-state index in [1.54, 1.807) is 24.0 Å². The predicted molar refractivity (Wildman–Crippen MR) is 105 cm³/mol. The van der Waals surface area contributed by atoms with Gasteiger partial charge in [-0.2, -0.15) is 5.26 Å². The van der Waals surface area contributed by atoms with E-state index in [0.717, 1.165) is 54.5 Å². The van der Waals surface area contributed by atoms with E-state index >= 15 is 0 Å². The zero-order valence-electron chi connectivity index (χ0n) is 13.8. The van der Waals surface area contributed by atoms with E-state index < -0.39 is 4.92 Å². The van der Waals surface area contributed by atoms with E-state index in [9.17, 15) is 10.1 Å². The lowest BCUT2D eigenvalue weighted by atomic mass is 10.3. The highest BCUT2D eigenvalue weighted by Crippen LogP contribution is 2.20. The van der Waals surface area contributed by atoms with Gasteiger partial charge >= 0.3 is 0 Å². The molecular formula is C15H17ClN6O2S2. The number of nitrogens with zero attached hydrogens (tertiary/aromatic N) is 5. The number of aromatic nitrogens is 1. The van der Waals surface area contributed by atoms with Crippen LogP contribution in [-0.2, 0) is 6.54 Å². The van der Waals surface area contributed by atoms with Crippen LogP contribution in [0.15, 0.2) is 34.6 Å². The summed E-state index contributed by atoms with van der Waals surface area (Å²) in [5.74, 6) is 1.95. The Balaban J connectivity index is 0.000000209. The number of nitrogens with one attached hydrogen (secondary N) is 1. The molecule has 0 unspecified atom stereocenters. The molecule has 138 valence electrons. The average Bonchev–Trinajstić information content (AvgIpc) is 3.05. The molecule has 3 heterocycles. The summed E-state index contributed by atoms with van der Waals surface area (Å²) < 4.78 is 0. The fourth-order valence-electron chi connectivity index (χ4n) is 2.14. The Morgan fingerprint density at radius 3 is 2.96 bits per heavy atom. The second kappa shape index (κ2) is 10.9. The summed E-state index contributed by atoms with van der Waals surface area (Å²) >= 11 is 8.82. The first-order valence-corrected chi connectivity index (χ1v) is 10.1. The normalized spacial score (nSPS) is 19.5. The maximum Gasteiger partial charge on any atom is 0.263 e. The lowest BCUT2D eigenvalue weighted by molar-refractivity contribution is -0.403. The number of nitro groups is 1. The molecule has 2 aliphatic rings. The maximum absolute atomic E-state index is 9.94. The molecule has 11 heteroatoms. The van der Waals surface area contributed by atoms with E-state index in [1.165, 1.54) is 11.8 Å². The van der Waals surface area contributed by atoms with Gasteiger partial charge in [0.15, 0.2) is 5.17 Å². The second-order valence-corrected chi connectivity index (χ2v) is 7.75. The van der Waals surface area contributed by atoms with Crippen molar-refractivity contribution in [2.75, 3.05) is 24.6 Å². The molecule has 2 aliphatic heterocycles. The van der Waals surface area contributed by atoms with Gasteiger partial charge in [0.05, 0.1) is 4.92 Å². The van der Waals surface area contributed by atoms with E-state index in [0.29, 0.717) is 10.2 Å². The van der Waals surface area contributed by atoms with Gasteiger partial charge in [0.25, 0.3) is 6.20 Å². The molecule has 0 saturated carbocycles. The molecule has 0 amide bonds. The Morgan fingerprint density at radius 2 is 2.35 bits per heavy atom. The lowest BCUT2D eigenvalue weighted by Crippen LogP contribution is -2.23. The van der Waals surface area contributed by atoms with E-state index in [-0.39, 0.29) is 0 Å². The number of nitriles is 1. The molecule has 1 N–H and O–H groups in total. The van der Waals surface area contributed by atoms with Crippen LogP contribution in [-0.4, -0.2) is 44.6 Å². The number of amidine groups is 1. The Hall–Kier alpha value is -1.96. The van der Waals surface area contributed by atoms with Crippen molar-refractivity contribution >= 4 is 40.3 Å². The van der Waals surface area contributed by atoms with Crippen LogP contribution in [0, 0.1) is 21.6 Å². The van der Waals surface area contributed by atoms with Gasteiger partial charge in [-0.25, -0.2) is 4.98 Å². The van der Waals surface area contributed by atoms with Gasteiger partial charge in [0, 0.05) is 37.3 Å². The number of halogens is 1. The molecule has 1 aromatic heterocycles. The minimum Gasteiger partial charge on any atom is -0.375 e. The maximum atomic E-state index is 9.94. The van der Waals surface area contributed by atoms with Crippen LogP contribution in [0.2, 0.25) is 5.15 Å². The van der Waals surface area contributed by atoms with Crippen LogP contribution in [0.5, 0.6) is 0 Å². The average molecular weight is 413 g/mol.